The number of anilines is 2. The lowest BCUT2D eigenvalue weighted by Gasteiger charge is -2.26. The van der Waals surface area contributed by atoms with E-state index in [1.54, 1.807) is 42.3 Å². The van der Waals surface area contributed by atoms with Gasteiger partial charge < -0.3 is 20.3 Å². The first kappa shape index (κ1) is 27.0. The summed E-state index contributed by atoms with van der Waals surface area (Å²) in [6.07, 6.45) is 10.8. The first-order valence-corrected chi connectivity index (χ1v) is 14.0. The van der Waals surface area contributed by atoms with Gasteiger partial charge in [-0.15, -0.1) is 11.3 Å². The number of aromatic nitrogens is 4. The molecule has 4 heterocycles. The molecule has 202 valence electrons. The highest BCUT2D eigenvalue weighted by atomic mass is 35.5. The lowest BCUT2D eigenvalue weighted by Crippen LogP contribution is -2.34. The number of fused-ring (bicyclic) bond motifs is 3. The number of thiophene rings is 1. The lowest BCUT2D eigenvalue weighted by atomic mass is 10.0. The van der Waals surface area contributed by atoms with Crippen LogP contribution in [0.1, 0.15) is 30.0 Å². The number of hydrogen-bond donors (Lipinski definition) is 2. The fourth-order valence-corrected chi connectivity index (χ4v) is 5.76. The molecule has 9 nitrogen and oxygen atoms in total. The molecule has 0 saturated carbocycles. The fourth-order valence-electron chi connectivity index (χ4n) is 4.32. The highest BCUT2D eigenvalue weighted by molar-refractivity contribution is 7.19. The van der Waals surface area contributed by atoms with Crippen LogP contribution in [-0.4, -0.2) is 50.4 Å². The molecule has 39 heavy (non-hydrogen) atoms. The quantitative estimate of drug-likeness (QED) is 0.202. The maximum absolute atomic E-state index is 12.8. The normalized spacial score (nSPS) is 13.3. The number of ether oxygens (including phenoxy) is 1. The van der Waals surface area contributed by atoms with Crippen molar-refractivity contribution in [3.8, 4) is 5.75 Å². The van der Waals surface area contributed by atoms with Gasteiger partial charge >= 0.3 is 0 Å². The molecule has 3 aromatic heterocycles. The Morgan fingerprint density at radius 2 is 2.15 bits per heavy atom. The number of nitrogens with zero attached hydrogens (tertiary/aromatic N) is 5. The number of carbonyl (C=O) groups is 1. The van der Waals surface area contributed by atoms with Crippen LogP contribution in [0.3, 0.4) is 0 Å². The second-order valence-corrected chi connectivity index (χ2v) is 11.1. The van der Waals surface area contributed by atoms with Gasteiger partial charge in [-0.1, -0.05) is 31.5 Å². The lowest BCUT2D eigenvalue weighted by molar-refractivity contribution is -0.126. The molecule has 2 N–H and O–H groups in total. The average molecular weight is 564 g/mol. The minimum absolute atomic E-state index is 0.0325. The second-order valence-electron chi connectivity index (χ2n) is 9.63. The van der Waals surface area contributed by atoms with E-state index in [0.717, 1.165) is 45.3 Å². The van der Waals surface area contributed by atoms with Crippen molar-refractivity contribution in [2.24, 2.45) is 5.92 Å². The van der Waals surface area contributed by atoms with Crippen LogP contribution in [0.25, 0.3) is 10.2 Å². The van der Waals surface area contributed by atoms with Gasteiger partial charge in [0.2, 0.25) is 5.91 Å². The highest BCUT2D eigenvalue weighted by Crippen LogP contribution is 2.38. The molecule has 1 aliphatic rings. The molecule has 1 aromatic carbocycles. The van der Waals surface area contributed by atoms with Crippen molar-refractivity contribution < 1.29 is 9.53 Å². The summed E-state index contributed by atoms with van der Waals surface area (Å²) >= 11 is 8.12. The van der Waals surface area contributed by atoms with Crippen molar-refractivity contribution in [2.45, 2.75) is 33.4 Å². The van der Waals surface area contributed by atoms with Gasteiger partial charge in [0.1, 0.15) is 29.3 Å². The summed E-state index contributed by atoms with van der Waals surface area (Å²) in [7, 11) is 0. The minimum Gasteiger partial charge on any atom is -0.486 e. The van der Waals surface area contributed by atoms with E-state index < -0.39 is 0 Å². The van der Waals surface area contributed by atoms with Crippen LogP contribution in [0.15, 0.2) is 55.3 Å². The minimum atomic E-state index is 0.0325. The molecule has 11 heteroatoms. The van der Waals surface area contributed by atoms with Gasteiger partial charge in [0.15, 0.2) is 0 Å². The van der Waals surface area contributed by atoms with Crippen molar-refractivity contribution >= 4 is 50.6 Å². The summed E-state index contributed by atoms with van der Waals surface area (Å²) in [5.74, 6) is 1.89. The van der Waals surface area contributed by atoms with Gasteiger partial charge in [-0.25, -0.2) is 9.97 Å². The average Bonchev–Trinajstić information content (AvgIpc) is 3.31. The molecule has 1 aliphatic heterocycles. The Balaban J connectivity index is 1.26. The molecule has 0 unspecified atom stereocenters. The first-order chi connectivity index (χ1) is 19.0. The summed E-state index contributed by atoms with van der Waals surface area (Å²) in [5.41, 5.74) is 2.70. The van der Waals surface area contributed by atoms with E-state index in [-0.39, 0.29) is 12.5 Å². The molecular weight excluding hydrogens is 534 g/mol. The molecular formula is C28H30ClN7O2S. The third kappa shape index (κ3) is 6.70. The van der Waals surface area contributed by atoms with Crippen LogP contribution in [0, 0.1) is 5.92 Å². The number of carbonyl (C=O) groups excluding carboxylic acids is 1. The zero-order valence-corrected chi connectivity index (χ0v) is 23.4. The van der Waals surface area contributed by atoms with Crippen LogP contribution in [0.2, 0.25) is 5.02 Å². The van der Waals surface area contributed by atoms with Gasteiger partial charge in [0, 0.05) is 42.1 Å². The summed E-state index contributed by atoms with van der Waals surface area (Å²) in [4.78, 5) is 34.0. The molecule has 0 atom stereocenters. The Hall–Kier alpha value is -3.60. The first-order valence-electron chi connectivity index (χ1n) is 12.8. The molecule has 0 fully saturated rings. The maximum atomic E-state index is 12.8. The van der Waals surface area contributed by atoms with Gasteiger partial charge in [-0.05, 0) is 42.6 Å². The maximum Gasteiger partial charge on any atom is 0.246 e. The SMILES string of the molecule is CC(C)CNC/C=C/C(=O)N1CCc2c(sc3ncnc(Nc4ccc(OCc5cnccn5)c(Cl)c4)c23)C1. The third-order valence-electron chi connectivity index (χ3n) is 6.21. The van der Waals surface area contributed by atoms with Gasteiger partial charge in [0.05, 0.1) is 28.8 Å². The number of benzene rings is 1. The smallest absolute Gasteiger partial charge is 0.246 e. The fraction of sp³-hybridized carbons (Fsp3) is 0.321. The van der Waals surface area contributed by atoms with Gasteiger partial charge in [-0.3, -0.25) is 14.8 Å². The van der Waals surface area contributed by atoms with Crippen LogP contribution in [-0.2, 0) is 24.4 Å². The molecule has 0 spiro atoms. The van der Waals surface area contributed by atoms with Gasteiger partial charge in [-0.2, -0.15) is 0 Å². The van der Waals surface area contributed by atoms with Crippen LogP contribution in [0.4, 0.5) is 11.5 Å². The van der Waals surface area contributed by atoms with Crippen molar-refractivity contribution in [3.63, 3.8) is 0 Å². The van der Waals surface area contributed by atoms with Crippen molar-refractivity contribution in [1.29, 1.82) is 0 Å². The largest absolute Gasteiger partial charge is 0.486 e. The Morgan fingerprint density at radius 3 is 2.95 bits per heavy atom. The number of halogens is 1. The van der Waals surface area contributed by atoms with Gasteiger partial charge in [0.25, 0.3) is 0 Å². The van der Waals surface area contributed by atoms with E-state index in [4.69, 9.17) is 16.3 Å². The van der Waals surface area contributed by atoms with Crippen LogP contribution in [0.5, 0.6) is 5.75 Å². The van der Waals surface area contributed by atoms with E-state index in [2.05, 4.69) is 44.4 Å². The molecule has 1 amide bonds. The van der Waals surface area contributed by atoms with E-state index in [0.29, 0.717) is 36.3 Å². The Bertz CT molecular complexity index is 1480. The molecule has 5 rings (SSSR count). The van der Waals surface area contributed by atoms with E-state index in [1.165, 1.54) is 5.56 Å². The summed E-state index contributed by atoms with van der Waals surface area (Å²) < 4.78 is 5.81. The zero-order chi connectivity index (χ0) is 27.2. The van der Waals surface area contributed by atoms with Crippen LogP contribution >= 0.6 is 22.9 Å². The summed E-state index contributed by atoms with van der Waals surface area (Å²) in [5, 5.41) is 8.20. The standard InChI is InChI=1S/C28H30ClN7O2S/c1-18(2)13-30-8-3-4-25(37)36-11-7-21-24(15-36)39-28-26(21)27(33-17-34-28)35-19-5-6-23(22(29)12-19)38-16-20-14-31-9-10-32-20/h3-6,9-10,12,14,17-18,30H,7-8,11,13,15-16H2,1-2H3,(H,33,34,35)/b4-3+. The number of nitrogens with one attached hydrogen (secondary N) is 2. The zero-order valence-electron chi connectivity index (χ0n) is 21.9. The van der Waals surface area contributed by atoms with E-state index in [9.17, 15) is 4.79 Å². The third-order valence-corrected chi connectivity index (χ3v) is 7.63. The van der Waals surface area contributed by atoms with Crippen LogP contribution < -0.4 is 15.4 Å². The molecule has 0 bridgehead atoms. The van der Waals surface area contributed by atoms with Crippen molar-refractivity contribution in [2.75, 3.05) is 25.0 Å². The second kappa shape index (κ2) is 12.5. The predicted octanol–water partition coefficient (Wildman–Crippen LogP) is 5.14. The molecule has 4 aromatic rings. The topological polar surface area (TPSA) is 105 Å². The number of amides is 1. The number of hydrogen-bond acceptors (Lipinski definition) is 9. The predicted molar refractivity (Wildman–Crippen MR) is 154 cm³/mol. The highest BCUT2D eigenvalue weighted by Gasteiger charge is 2.25. The van der Waals surface area contributed by atoms with Crippen molar-refractivity contribution in [3.05, 3.63) is 76.4 Å². The monoisotopic (exact) mass is 563 g/mol. The van der Waals surface area contributed by atoms with E-state index >= 15 is 0 Å². The summed E-state index contributed by atoms with van der Waals surface area (Å²) in [6.45, 7) is 7.44. The van der Waals surface area contributed by atoms with Crippen molar-refractivity contribution in [1.82, 2.24) is 30.2 Å². The molecule has 0 saturated heterocycles. The summed E-state index contributed by atoms with van der Waals surface area (Å²) in [6, 6.07) is 5.52. The molecule has 0 aliphatic carbocycles. The Kier molecular flexibility index (Phi) is 8.65. The molecule has 0 radical (unpaired) electrons. The Labute approximate surface area is 236 Å². The van der Waals surface area contributed by atoms with E-state index in [1.807, 2.05) is 29.2 Å². The number of rotatable bonds is 10. The Morgan fingerprint density at radius 1 is 1.26 bits per heavy atom.